The number of halogens is 4. The van der Waals surface area contributed by atoms with Crippen LogP contribution in [0.5, 0.6) is 0 Å². The molecule has 0 aliphatic carbocycles. The Labute approximate surface area is 193 Å². The molecule has 0 saturated carbocycles. The van der Waals surface area contributed by atoms with Gasteiger partial charge in [-0.15, -0.1) is 0 Å². The third-order valence-corrected chi connectivity index (χ3v) is 4.66. The second-order valence-electron chi connectivity index (χ2n) is 5.78. The van der Waals surface area contributed by atoms with Gasteiger partial charge in [-0.2, -0.15) is 0 Å². The summed E-state index contributed by atoms with van der Waals surface area (Å²) < 4.78 is -1.90. The van der Waals surface area contributed by atoms with E-state index in [4.69, 9.17) is 58.6 Å². The molecule has 0 spiro atoms. The van der Waals surface area contributed by atoms with Gasteiger partial charge in [0.05, 0.1) is 10.6 Å². The first kappa shape index (κ1) is 23.5. The van der Waals surface area contributed by atoms with Gasteiger partial charge < -0.3 is 21.3 Å². The monoisotopic (exact) mass is 492 g/mol. The van der Waals surface area contributed by atoms with Crippen LogP contribution >= 0.6 is 58.6 Å². The summed E-state index contributed by atoms with van der Waals surface area (Å²) in [6.07, 6.45) is -1.14. The second-order valence-corrected chi connectivity index (χ2v) is 8.97. The number of hydrogen-bond acceptors (Lipinski definition) is 3. The Morgan fingerprint density at radius 2 is 1.48 bits per heavy atom. The Kier molecular flexibility index (Phi) is 8.36. The predicted octanol–water partition coefficient (Wildman–Crippen LogP) is 4.71. The molecule has 1 atom stereocenters. The summed E-state index contributed by atoms with van der Waals surface area (Å²) in [5.41, 5.74) is 1.48. The Balaban J connectivity index is 2.04. The van der Waals surface area contributed by atoms with Crippen LogP contribution in [0.15, 0.2) is 48.5 Å². The average molecular weight is 494 g/mol. The van der Waals surface area contributed by atoms with Crippen molar-refractivity contribution in [3.05, 3.63) is 59.1 Å². The van der Waals surface area contributed by atoms with Crippen LogP contribution in [0.2, 0.25) is 5.02 Å². The van der Waals surface area contributed by atoms with E-state index in [1.807, 2.05) is 0 Å². The minimum absolute atomic E-state index is 0.105. The molecule has 0 bridgehead atoms. The van der Waals surface area contributed by atoms with Crippen LogP contribution in [0, 0.1) is 0 Å². The van der Waals surface area contributed by atoms with Crippen LogP contribution in [0.25, 0.3) is 0 Å². The molecule has 2 aromatic rings. The molecule has 11 heteroatoms. The first-order valence-corrected chi connectivity index (χ1v) is 10.1. The minimum atomic E-state index is -1.90. The molecule has 0 aliphatic heterocycles. The number of alkyl halides is 3. The van der Waals surface area contributed by atoms with Gasteiger partial charge in [0.25, 0.3) is 5.91 Å². The number of nitrogens with one attached hydrogen (secondary N) is 4. The Morgan fingerprint density at radius 1 is 0.931 bits per heavy atom. The highest BCUT2D eigenvalue weighted by molar-refractivity contribution is 7.80. The fraction of sp³-hybridized carbons (Fsp3) is 0.167. The van der Waals surface area contributed by atoms with Crippen molar-refractivity contribution in [1.82, 2.24) is 10.6 Å². The topological polar surface area (TPSA) is 82.3 Å². The number of rotatable bonds is 5. The van der Waals surface area contributed by atoms with E-state index in [1.54, 1.807) is 48.5 Å². The van der Waals surface area contributed by atoms with Crippen molar-refractivity contribution in [2.75, 3.05) is 10.6 Å². The fourth-order valence-corrected chi connectivity index (χ4v) is 2.98. The highest BCUT2D eigenvalue weighted by atomic mass is 35.6. The molecular weight excluding hydrogens is 478 g/mol. The number of benzene rings is 2. The highest BCUT2D eigenvalue weighted by Gasteiger charge is 2.35. The maximum Gasteiger partial charge on any atom is 0.254 e. The first-order valence-electron chi connectivity index (χ1n) is 8.13. The van der Waals surface area contributed by atoms with Crippen molar-refractivity contribution in [2.45, 2.75) is 16.9 Å². The quantitative estimate of drug-likeness (QED) is 0.275. The summed E-state index contributed by atoms with van der Waals surface area (Å²) in [6, 6.07) is 13.3. The van der Waals surface area contributed by atoms with Gasteiger partial charge in [-0.3, -0.25) is 9.59 Å². The van der Waals surface area contributed by atoms with Crippen LogP contribution < -0.4 is 21.3 Å². The zero-order valence-corrected chi connectivity index (χ0v) is 18.8. The lowest BCUT2D eigenvalue weighted by Crippen LogP contribution is -2.56. The van der Waals surface area contributed by atoms with Gasteiger partial charge in [0, 0.05) is 18.3 Å². The maximum atomic E-state index is 12.5. The Hall–Kier alpha value is -1.77. The number of anilines is 2. The molecule has 0 radical (unpaired) electrons. The minimum Gasteiger partial charge on any atom is -0.339 e. The van der Waals surface area contributed by atoms with Crippen molar-refractivity contribution >= 4 is 86.9 Å². The van der Waals surface area contributed by atoms with Crippen molar-refractivity contribution in [3.63, 3.8) is 0 Å². The normalized spacial score (nSPS) is 11.9. The van der Waals surface area contributed by atoms with Crippen molar-refractivity contribution < 1.29 is 9.59 Å². The largest absolute Gasteiger partial charge is 0.339 e. The van der Waals surface area contributed by atoms with Gasteiger partial charge >= 0.3 is 0 Å². The summed E-state index contributed by atoms with van der Waals surface area (Å²) in [4.78, 5) is 23.5. The first-order chi connectivity index (χ1) is 13.6. The molecule has 29 heavy (non-hydrogen) atoms. The molecule has 2 aromatic carbocycles. The maximum absolute atomic E-state index is 12.5. The molecule has 0 fully saturated rings. The molecule has 154 valence electrons. The van der Waals surface area contributed by atoms with Crippen LogP contribution in [-0.4, -0.2) is 26.9 Å². The number of thiocarbonyl (C=S) groups is 1. The van der Waals surface area contributed by atoms with E-state index in [-0.39, 0.29) is 21.6 Å². The smallest absolute Gasteiger partial charge is 0.254 e. The molecule has 6 nitrogen and oxygen atoms in total. The zero-order chi connectivity index (χ0) is 21.6. The number of carbonyl (C=O) groups excluding carboxylic acids is 2. The van der Waals surface area contributed by atoms with Crippen LogP contribution in [0.4, 0.5) is 11.4 Å². The fourth-order valence-electron chi connectivity index (χ4n) is 2.19. The van der Waals surface area contributed by atoms with Crippen molar-refractivity contribution in [1.29, 1.82) is 0 Å². The van der Waals surface area contributed by atoms with Gasteiger partial charge in [0.2, 0.25) is 9.70 Å². The molecule has 0 unspecified atom stereocenters. The molecule has 0 saturated heterocycles. The lowest BCUT2D eigenvalue weighted by Gasteiger charge is -2.28. The number of amides is 2. The van der Waals surface area contributed by atoms with E-state index in [0.29, 0.717) is 11.4 Å². The van der Waals surface area contributed by atoms with Crippen molar-refractivity contribution in [2.24, 2.45) is 0 Å². The van der Waals surface area contributed by atoms with Gasteiger partial charge in [-0.25, -0.2) is 0 Å². The van der Waals surface area contributed by atoms with E-state index in [0.717, 1.165) is 0 Å². The van der Waals surface area contributed by atoms with E-state index in [9.17, 15) is 9.59 Å². The number of carbonyl (C=O) groups is 2. The highest BCUT2D eigenvalue weighted by Crippen LogP contribution is 2.29. The summed E-state index contributed by atoms with van der Waals surface area (Å²) in [6.45, 7) is 1.42. The lowest BCUT2D eigenvalue weighted by atomic mass is 10.2. The summed E-state index contributed by atoms with van der Waals surface area (Å²) in [5.74, 6) is -0.718. The van der Waals surface area contributed by atoms with E-state index >= 15 is 0 Å². The average Bonchev–Trinajstić information content (AvgIpc) is 2.62. The Bertz CT molecular complexity index is 903. The lowest BCUT2D eigenvalue weighted by molar-refractivity contribution is -0.114. The molecule has 0 aromatic heterocycles. The molecule has 0 heterocycles. The molecule has 0 aliphatic rings. The molecule has 2 amide bonds. The van der Waals surface area contributed by atoms with E-state index < -0.39 is 15.9 Å². The molecule has 2 rings (SSSR count). The second kappa shape index (κ2) is 10.3. The van der Waals surface area contributed by atoms with Crippen molar-refractivity contribution in [3.8, 4) is 0 Å². The number of hydrogen-bond donors (Lipinski definition) is 4. The predicted molar refractivity (Wildman–Crippen MR) is 123 cm³/mol. The third-order valence-electron chi connectivity index (χ3n) is 3.46. The summed E-state index contributed by atoms with van der Waals surface area (Å²) in [5, 5.41) is 11.2. The zero-order valence-electron chi connectivity index (χ0n) is 14.9. The van der Waals surface area contributed by atoms with E-state index in [1.165, 1.54) is 6.92 Å². The van der Waals surface area contributed by atoms with Crippen LogP contribution in [0.1, 0.15) is 17.3 Å². The van der Waals surface area contributed by atoms with Gasteiger partial charge in [-0.1, -0.05) is 58.5 Å². The summed E-state index contributed by atoms with van der Waals surface area (Å²) in [7, 11) is 0. The third kappa shape index (κ3) is 7.53. The molecule has 4 N–H and O–H groups in total. The standard InChI is InChI=1S/C18H16Cl4N4O2S/c1-10(27)23-11-6-8-12(9-7-11)24-17(29)26-16(18(20,21)22)25-15(28)13-4-2-3-5-14(13)19/h2-9,16H,1H3,(H,23,27)(H,25,28)(H2,24,26,29)/t16-/m0/s1. The summed E-state index contributed by atoms with van der Waals surface area (Å²) >= 11 is 29.2. The molecular formula is C18H16Cl4N4O2S. The van der Waals surface area contributed by atoms with Gasteiger partial charge in [-0.05, 0) is 48.6 Å². The Morgan fingerprint density at radius 3 is 2.00 bits per heavy atom. The SMILES string of the molecule is CC(=O)Nc1ccc(NC(=S)N[C@H](NC(=O)c2ccccc2Cl)C(Cl)(Cl)Cl)cc1. The van der Waals surface area contributed by atoms with Gasteiger partial charge in [0.15, 0.2) is 5.11 Å². The van der Waals surface area contributed by atoms with E-state index in [2.05, 4.69) is 21.3 Å². The van der Waals surface area contributed by atoms with Crippen LogP contribution in [-0.2, 0) is 4.79 Å². The van der Waals surface area contributed by atoms with Crippen LogP contribution in [0.3, 0.4) is 0 Å². The van der Waals surface area contributed by atoms with Gasteiger partial charge in [0.1, 0.15) is 6.17 Å².